The maximum atomic E-state index is 10.8. The van der Waals surface area contributed by atoms with Crippen LogP contribution in [0.5, 0.6) is 17.2 Å². The second-order valence-corrected chi connectivity index (χ2v) is 2.69. The Bertz CT molecular complexity index is 372. The van der Waals surface area contributed by atoms with Crippen LogP contribution in [0.2, 0.25) is 0 Å². The van der Waals surface area contributed by atoms with E-state index in [0.29, 0.717) is 11.5 Å². The number of hydrogen-bond acceptors (Lipinski definition) is 4. The van der Waals surface area contributed by atoms with Gasteiger partial charge in [0.1, 0.15) is 11.3 Å². The molecule has 0 amide bonds. The highest BCUT2D eigenvalue weighted by Crippen LogP contribution is 2.34. The van der Waals surface area contributed by atoms with Crippen molar-refractivity contribution < 1.29 is 24.1 Å². The van der Waals surface area contributed by atoms with E-state index in [1.165, 1.54) is 33.5 Å². The minimum absolute atomic E-state index is 0.0739. The largest absolute Gasteiger partial charge is 0.496 e. The third kappa shape index (κ3) is 2.12. The van der Waals surface area contributed by atoms with Crippen LogP contribution in [0.15, 0.2) is 12.1 Å². The Morgan fingerprint density at radius 2 is 1.40 bits per heavy atom. The first-order chi connectivity index (χ1) is 7.13. The Morgan fingerprint density at radius 1 is 0.933 bits per heavy atom. The molecule has 0 N–H and O–H groups in total. The monoisotopic (exact) mass is 211 g/mol. The Kier molecular flexibility index (Phi) is 3.38. The molecule has 15 heavy (non-hydrogen) atoms. The lowest BCUT2D eigenvalue weighted by Crippen LogP contribution is -2.01. The average molecular weight is 211 g/mol. The molecule has 0 atom stereocenters. The first-order valence-corrected chi connectivity index (χ1v) is 4.15. The summed E-state index contributed by atoms with van der Waals surface area (Å²) in [5, 5.41) is 10.8. The van der Waals surface area contributed by atoms with Crippen LogP contribution in [-0.4, -0.2) is 27.3 Å². The van der Waals surface area contributed by atoms with Gasteiger partial charge in [-0.15, -0.1) is 0 Å². The summed E-state index contributed by atoms with van der Waals surface area (Å²) in [7, 11) is 4.24. The highest BCUT2D eigenvalue weighted by molar-refractivity contribution is 5.91. The van der Waals surface area contributed by atoms with Gasteiger partial charge in [0.2, 0.25) is 0 Å². The van der Waals surface area contributed by atoms with E-state index in [2.05, 4.69) is 0 Å². The smallest absolute Gasteiger partial charge is 0.390 e. The maximum absolute atomic E-state index is 10.8. The lowest BCUT2D eigenvalue weighted by atomic mass is 10.2. The topological polar surface area (TPSA) is 64.7 Å². The van der Waals surface area contributed by atoms with Gasteiger partial charge < -0.3 is 14.2 Å². The van der Waals surface area contributed by atoms with E-state index >= 15 is 0 Å². The van der Waals surface area contributed by atoms with E-state index in [4.69, 9.17) is 14.2 Å². The molecule has 0 aromatic heterocycles. The van der Waals surface area contributed by atoms with Gasteiger partial charge in [0.05, 0.1) is 21.3 Å². The van der Waals surface area contributed by atoms with Crippen LogP contribution in [0, 0.1) is 0 Å². The highest BCUT2D eigenvalue weighted by atomic mass is 16.5. The normalized spacial score (nSPS) is 9.53. The van der Waals surface area contributed by atoms with Crippen LogP contribution in [0.1, 0.15) is 10.4 Å². The second kappa shape index (κ2) is 4.54. The van der Waals surface area contributed by atoms with Gasteiger partial charge in [-0.3, -0.25) is 0 Å². The van der Waals surface area contributed by atoms with Crippen molar-refractivity contribution in [3.63, 3.8) is 0 Å². The van der Waals surface area contributed by atoms with Crippen LogP contribution in [0.4, 0.5) is 0 Å². The van der Waals surface area contributed by atoms with Crippen molar-refractivity contribution in [2.75, 3.05) is 21.3 Å². The zero-order valence-corrected chi connectivity index (χ0v) is 8.70. The van der Waals surface area contributed by atoms with Gasteiger partial charge in [0.15, 0.2) is 11.5 Å². The van der Waals surface area contributed by atoms with Crippen molar-refractivity contribution in [1.29, 1.82) is 0 Å². The molecule has 0 unspecified atom stereocenters. The minimum atomic E-state index is -1.33. The maximum Gasteiger partial charge on any atom is 0.390 e. The molecule has 0 aliphatic carbocycles. The first kappa shape index (κ1) is 11.2. The molecule has 0 saturated carbocycles. The molecular formula is C10H11O5. The predicted molar refractivity (Wildman–Crippen MR) is 51.1 cm³/mol. The standard InChI is InChI=1S/C10H11O5/c1-13-7-5-9(15-3)8(14-2)4-6(7)10(11)12/h4-5H,1-3H3. The Labute approximate surface area is 87.2 Å². The van der Waals surface area contributed by atoms with Gasteiger partial charge in [-0.2, -0.15) is 0 Å². The van der Waals surface area contributed by atoms with Crippen molar-refractivity contribution in [1.82, 2.24) is 0 Å². The van der Waals surface area contributed by atoms with Crippen LogP contribution in [0.25, 0.3) is 0 Å². The van der Waals surface area contributed by atoms with E-state index < -0.39 is 5.97 Å². The third-order valence-electron chi connectivity index (χ3n) is 1.93. The fourth-order valence-electron chi connectivity index (χ4n) is 1.19. The molecule has 0 aliphatic heterocycles. The van der Waals surface area contributed by atoms with E-state index in [1.54, 1.807) is 0 Å². The Morgan fingerprint density at radius 3 is 1.80 bits per heavy atom. The van der Waals surface area contributed by atoms with E-state index in [9.17, 15) is 9.90 Å². The number of methoxy groups -OCH3 is 3. The second-order valence-electron chi connectivity index (χ2n) is 2.69. The SMILES string of the molecule is COc1cc(OC)c(C([O])=O)cc1OC. The molecule has 0 heterocycles. The molecule has 0 bridgehead atoms. The molecule has 0 spiro atoms. The van der Waals surface area contributed by atoms with Crippen molar-refractivity contribution in [2.24, 2.45) is 0 Å². The van der Waals surface area contributed by atoms with Crippen molar-refractivity contribution in [3.8, 4) is 17.2 Å². The fourth-order valence-corrected chi connectivity index (χ4v) is 1.19. The lowest BCUT2D eigenvalue weighted by Gasteiger charge is -2.10. The molecule has 0 saturated heterocycles. The van der Waals surface area contributed by atoms with E-state index in [-0.39, 0.29) is 11.3 Å². The van der Waals surface area contributed by atoms with Crippen LogP contribution < -0.4 is 14.2 Å². The summed E-state index contributed by atoms with van der Waals surface area (Å²) >= 11 is 0. The molecule has 1 aromatic carbocycles. The molecular weight excluding hydrogens is 200 g/mol. The number of hydrogen-bond donors (Lipinski definition) is 0. The Hall–Kier alpha value is -1.91. The molecule has 5 nitrogen and oxygen atoms in total. The number of carbonyl (C=O) groups excluding carboxylic acids is 1. The summed E-state index contributed by atoms with van der Waals surface area (Å²) in [5.41, 5.74) is -0.0739. The minimum Gasteiger partial charge on any atom is -0.496 e. The molecule has 1 aromatic rings. The van der Waals surface area contributed by atoms with Crippen LogP contribution in [0.3, 0.4) is 0 Å². The quantitative estimate of drug-likeness (QED) is 0.752. The van der Waals surface area contributed by atoms with Gasteiger partial charge >= 0.3 is 5.97 Å². The van der Waals surface area contributed by atoms with Gasteiger partial charge in [-0.05, 0) is 0 Å². The third-order valence-corrected chi connectivity index (χ3v) is 1.93. The summed E-state index contributed by atoms with van der Waals surface area (Å²) in [6.45, 7) is 0. The van der Waals surface area contributed by atoms with Gasteiger partial charge in [0.25, 0.3) is 0 Å². The van der Waals surface area contributed by atoms with Crippen LogP contribution in [-0.2, 0) is 5.11 Å². The highest BCUT2D eigenvalue weighted by Gasteiger charge is 2.17. The Balaban J connectivity index is 3.34. The van der Waals surface area contributed by atoms with Crippen LogP contribution >= 0.6 is 0 Å². The molecule has 1 radical (unpaired) electrons. The molecule has 1 rings (SSSR count). The van der Waals surface area contributed by atoms with E-state index in [0.717, 1.165) is 0 Å². The number of benzene rings is 1. The lowest BCUT2D eigenvalue weighted by molar-refractivity contribution is 0.0569. The first-order valence-electron chi connectivity index (χ1n) is 4.15. The number of carbonyl (C=O) groups is 1. The molecule has 0 aliphatic rings. The zero-order valence-electron chi connectivity index (χ0n) is 8.70. The molecule has 81 valence electrons. The van der Waals surface area contributed by atoms with Crippen molar-refractivity contribution in [3.05, 3.63) is 17.7 Å². The summed E-state index contributed by atoms with van der Waals surface area (Å²) in [6, 6.07) is 2.73. The number of ether oxygens (including phenoxy) is 3. The predicted octanol–water partition coefficient (Wildman–Crippen LogP) is 1.28. The summed E-state index contributed by atoms with van der Waals surface area (Å²) in [4.78, 5) is 10.8. The van der Waals surface area contributed by atoms with E-state index in [1.807, 2.05) is 0 Å². The fraction of sp³-hybridized carbons (Fsp3) is 0.300. The molecule has 0 fully saturated rings. The van der Waals surface area contributed by atoms with Gasteiger partial charge in [0, 0.05) is 12.1 Å². The number of rotatable bonds is 4. The van der Waals surface area contributed by atoms with Crippen molar-refractivity contribution >= 4 is 5.97 Å². The summed E-state index contributed by atoms with van der Waals surface area (Å²) in [6.07, 6.45) is 0. The summed E-state index contributed by atoms with van der Waals surface area (Å²) < 4.78 is 14.8. The summed E-state index contributed by atoms with van der Waals surface area (Å²) in [5.74, 6) is -0.433. The van der Waals surface area contributed by atoms with Crippen molar-refractivity contribution in [2.45, 2.75) is 0 Å². The van der Waals surface area contributed by atoms with Gasteiger partial charge in [-0.25, -0.2) is 9.90 Å². The molecule has 5 heteroatoms. The zero-order chi connectivity index (χ0) is 11.4. The average Bonchev–Trinajstić information content (AvgIpc) is 2.26. The van der Waals surface area contributed by atoms with Gasteiger partial charge in [-0.1, -0.05) is 0 Å².